The normalized spacial score (nSPS) is 15.7. The van der Waals surface area contributed by atoms with Crippen molar-refractivity contribution >= 4 is 42.3 Å². The summed E-state index contributed by atoms with van der Waals surface area (Å²) >= 11 is -1.04. The van der Waals surface area contributed by atoms with Crippen molar-refractivity contribution in [1.82, 2.24) is 4.90 Å². The number of halogens is 1. The number of benzene rings is 3. The summed E-state index contributed by atoms with van der Waals surface area (Å²) in [5.41, 5.74) is 2.98. The Labute approximate surface area is 231 Å². The summed E-state index contributed by atoms with van der Waals surface area (Å²) < 4.78 is 21.9. The molecule has 1 saturated heterocycles. The summed E-state index contributed by atoms with van der Waals surface area (Å²) in [6.07, 6.45) is 5.29. The largest absolute Gasteiger partial charge is 0.0345 e. The SMILES string of the molecule is CS(=O)Nc1cccc(C2CCN(CCCC(=O)c3ccc(Oc4cccc(I(C)C)c4)cc3)CC2)c1. The van der Waals surface area contributed by atoms with Gasteiger partial charge in [-0.05, 0) is 49.5 Å². The summed E-state index contributed by atoms with van der Waals surface area (Å²) in [6, 6.07) is 24.2. The van der Waals surface area contributed by atoms with Crippen molar-refractivity contribution in [2.75, 3.05) is 40.5 Å². The van der Waals surface area contributed by atoms with E-state index < -0.39 is 30.8 Å². The molecule has 1 heterocycles. The van der Waals surface area contributed by atoms with Gasteiger partial charge >= 0.3 is 134 Å². The van der Waals surface area contributed by atoms with Gasteiger partial charge < -0.3 is 9.62 Å². The van der Waals surface area contributed by atoms with Crippen LogP contribution in [0.25, 0.3) is 0 Å². The fraction of sp³-hybridized carbons (Fsp3) is 0.367. The Hall–Kier alpha value is -2.23. The number of likely N-dealkylation sites (tertiary alicyclic amines) is 1. The number of nitrogens with zero attached hydrogens (tertiary/aromatic N) is 1. The molecule has 0 aliphatic carbocycles. The van der Waals surface area contributed by atoms with Gasteiger partial charge in [0, 0.05) is 11.9 Å². The number of ketones is 1. The predicted octanol–water partition coefficient (Wildman–Crippen LogP) is 6.96. The molecule has 0 spiro atoms. The molecule has 1 aliphatic rings. The van der Waals surface area contributed by atoms with Gasteiger partial charge in [0.05, 0.1) is 0 Å². The second-order valence-corrected chi connectivity index (χ2v) is 16.3. The van der Waals surface area contributed by atoms with Gasteiger partial charge in [0.1, 0.15) is 11.0 Å². The minimum atomic E-state index is -1.06. The van der Waals surface area contributed by atoms with E-state index in [-0.39, 0.29) is 5.78 Å². The van der Waals surface area contributed by atoms with E-state index >= 15 is 0 Å². The van der Waals surface area contributed by atoms with Gasteiger partial charge in [0.2, 0.25) is 0 Å². The second kappa shape index (κ2) is 13.5. The molecule has 0 radical (unpaired) electrons. The van der Waals surface area contributed by atoms with Crippen LogP contribution in [0.1, 0.15) is 47.5 Å². The van der Waals surface area contributed by atoms with E-state index in [1.54, 1.807) is 6.26 Å². The minimum Gasteiger partial charge on any atom is -0.0345 e. The van der Waals surface area contributed by atoms with Crippen molar-refractivity contribution in [2.24, 2.45) is 0 Å². The zero-order chi connectivity index (χ0) is 26.2. The predicted molar refractivity (Wildman–Crippen MR) is 164 cm³/mol. The summed E-state index contributed by atoms with van der Waals surface area (Å²) in [5.74, 6) is 2.33. The molecular formula is C30H37IN2O3S. The molecule has 0 aromatic heterocycles. The molecule has 37 heavy (non-hydrogen) atoms. The Kier molecular flexibility index (Phi) is 10.2. The number of ether oxygens (including phenoxy) is 1. The number of anilines is 1. The summed E-state index contributed by atoms with van der Waals surface area (Å²) in [7, 11) is -1.06. The van der Waals surface area contributed by atoms with Crippen molar-refractivity contribution < 1.29 is 13.7 Å². The number of hydrogen-bond donors (Lipinski definition) is 1. The van der Waals surface area contributed by atoms with Crippen molar-refractivity contribution in [1.29, 1.82) is 0 Å². The molecule has 1 N–H and O–H groups in total. The monoisotopic (exact) mass is 632 g/mol. The molecule has 1 atom stereocenters. The van der Waals surface area contributed by atoms with Crippen molar-refractivity contribution in [3.8, 4) is 11.5 Å². The van der Waals surface area contributed by atoms with Crippen LogP contribution in [0.4, 0.5) is 5.69 Å². The zero-order valence-electron chi connectivity index (χ0n) is 21.9. The van der Waals surface area contributed by atoms with Crippen molar-refractivity contribution in [3.05, 3.63) is 87.5 Å². The molecule has 7 heteroatoms. The van der Waals surface area contributed by atoms with Gasteiger partial charge in [-0.25, -0.2) is 4.21 Å². The number of rotatable bonds is 11. The molecule has 0 amide bonds. The number of alkyl halides is 2. The molecule has 198 valence electrons. The minimum absolute atomic E-state index is 0.188. The Morgan fingerprint density at radius 1 is 1.00 bits per heavy atom. The molecule has 3 aromatic rings. The summed E-state index contributed by atoms with van der Waals surface area (Å²) in [6.45, 7) is 3.04. The third kappa shape index (κ3) is 8.38. The Morgan fingerprint density at radius 3 is 2.43 bits per heavy atom. The zero-order valence-corrected chi connectivity index (χ0v) is 24.9. The fourth-order valence-corrected chi connectivity index (χ4v) is 7.05. The molecule has 0 bridgehead atoms. The standard InChI is InChI=1S/C30H37IN2O3S/c1-31(2)26-8-5-10-29(22-26)36-28-14-12-24(13-15-28)30(34)11-6-18-33-19-16-23(17-20-33)25-7-4-9-27(21-25)32-37(3)35/h4-5,7-10,12-15,21-23,32H,6,11,16-20H2,1-3H3. The maximum atomic E-state index is 12.7. The first kappa shape index (κ1) is 27.8. The van der Waals surface area contributed by atoms with E-state index in [1.807, 2.05) is 42.5 Å². The van der Waals surface area contributed by atoms with Crippen LogP contribution in [0.2, 0.25) is 0 Å². The molecule has 1 aliphatic heterocycles. The van der Waals surface area contributed by atoms with Gasteiger partial charge in [0.15, 0.2) is 0 Å². The number of Topliss-reactive ketones (excluding diaryl/α,β-unsaturated/α-hetero) is 1. The fourth-order valence-electron chi connectivity index (χ4n) is 4.73. The molecule has 0 saturated carbocycles. The number of piperidine rings is 1. The van der Waals surface area contributed by atoms with Gasteiger partial charge in [-0.3, -0.25) is 0 Å². The Morgan fingerprint density at radius 2 is 1.73 bits per heavy atom. The van der Waals surface area contributed by atoms with E-state index in [2.05, 4.69) is 49.8 Å². The Bertz CT molecular complexity index is 1210. The van der Waals surface area contributed by atoms with Crippen LogP contribution >= 0.6 is 19.8 Å². The second-order valence-electron chi connectivity index (χ2n) is 9.66. The summed E-state index contributed by atoms with van der Waals surface area (Å²) in [5, 5.41) is 0. The van der Waals surface area contributed by atoms with Gasteiger partial charge in [-0.1, -0.05) is 12.1 Å². The first-order valence-electron chi connectivity index (χ1n) is 12.7. The van der Waals surface area contributed by atoms with Gasteiger partial charge in [-0.2, -0.15) is 0 Å². The molecule has 5 nitrogen and oxygen atoms in total. The van der Waals surface area contributed by atoms with Crippen LogP contribution in [0, 0.1) is 3.57 Å². The summed E-state index contributed by atoms with van der Waals surface area (Å²) in [4.78, 5) is 19.9. The number of hydrogen-bond acceptors (Lipinski definition) is 4. The van der Waals surface area contributed by atoms with Crippen LogP contribution < -0.4 is 9.46 Å². The van der Waals surface area contributed by atoms with Crippen LogP contribution in [0.15, 0.2) is 72.8 Å². The average molecular weight is 633 g/mol. The van der Waals surface area contributed by atoms with Crippen LogP contribution in [-0.4, -0.2) is 50.6 Å². The first-order valence-corrected chi connectivity index (χ1v) is 19.7. The van der Waals surface area contributed by atoms with Crippen LogP contribution in [0.5, 0.6) is 11.5 Å². The van der Waals surface area contributed by atoms with Gasteiger partial charge in [-0.15, -0.1) is 0 Å². The number of carbonyl (C=O) groups is 1. The van der Waals surface area contributed by atoms with Crippen molar-refractivity contribution in [3.63, 3.8) is 0 Å². The molecule has 3 aromatic carbocycles. The smallest absolute Gasteiger partial charge is 0.00129 e. The van der Waals surface area contributed by atoms with E-state index in [1.165, 1.54) is 9.13 Å². The first-order chi connectivity index (χ1) is 17.9. The Balaban J connectivity index is 1.20. The topological polar surface area (TPSA) is 58.6 Å². The number of carbonyl (C=O) groups excluding carboxylic acids is 1. The van der Waals surface area contributed by atoms with E-state index in [9.17, 15) is 9.00 Å². The maximum absolute atomic E-state index is 12.7. The van der Waals surface area contributed by atoms with Crippen molar-refractivity contribution in [2.45, 2.75) is 31.6 Å². The molecular weight excluding hydrogens is 595 g/mol. The quantitative estimate of drug-likeness (QED) is 0.141. The van der Waals surface area contributed by atoms with Gasteiger partial charge in [0.25, 0.3) is 0 Å². The molecule has 1 fully saturated rings. The van der Waals surface area contributed by atoms with E-state index in [4.69, 9.17) is 4.74 Å². The third-order valence-electron chi connectivity index (χ3n) is 6.73. The van der Waals surface area contributed by atoms with E-state index in [0.29, 0.717) is 12.3 Å². The maximum Gasteiger partial charge on any atom is -0.00129 e. The molecule has 4 rings (SSSR count). The van der Waals surface area contributed by atoms with E-state index in [0.717, 1.165) is 61.6 Å². The number of nitrogens with one attached hydrogen (secondary N) is 1. The van der Waals surface area contributed by atoms with Crippen LogP contribution in [0.3, 0.4) is 0 Å². The van der Waals surface area contributed by atoms with Crippen LogP contribution in [-0.2, 0) is 11.0 Å². The molecule has 1 unspecified atom stereocenters. The average Bonchev–Trinajstić information content (AvgIpc) is 2.89. The third-order valence-corrected chi connectivity index (χ3v) is 10.4.